The average Bonchev–Trinajstić information content (AvgIpc) is 2.14. The van der Waals surface area contributed by atoms with Gasteiger partial charge in [0, 0.05) is 4.90 Å². The minimum absolute atomic E-state index is 0.100. The molecule has 1 rings (SSSR count). The van der Waals surface area contributed by atoms with Crippen LogP contribution in [-0.2, 0) is 4.74 Å². The number of ether oxygens (including phenoxy) is 1. The normalized spacial score (nSPS) is 11.0. The first-order valence-electron chi connectivity index (χ1n) is 5.03. The molecule has 0 saturated heterocycles. The van der Waals surface area contributed by atoms with E-state index < -0.39 is 16.9 Å². The summed E-state index contributed by atoms with van der Waals surface area (Å²) in [5.41, 5.74) is -0.481. The third-order valence-electron chi connectivity index (χ3n) is 1.70. The number of benzene rings is 1. The summed E-state index contributed by atoms with van der Waals surface area (Å²) < 4.78 is 5.11. The lowest BCUT2D eigenvalue weighted by atomic mass is 10.2. The number of aromatic carboxylic acids is 1. The van der Waals surface area contributed by atoms with Gasteiger partial charge in [0.05, 0.1) is 5.56 Å². The van der Waals surface area contributed by atoms with Gasteiger partial charge in [0.15, 0.2) is 0 Å². The zero-order chi connectivity index (χ0) is 13.1. The zero-order valence-electron chi connectivity index (χ0n) is 9.89. The Bertz CT molecular complexity index is 434. The van der Waals surface area contributed by atoms with Crippen molar-refractivity contribution in [3.05, 3.63) is 29.8 Å². The van der Waals surface area contributed by atoms with Crippen LogP contribution in [0, 0.1) is 0 Å². The van der Waals surface area contributed by atoms with Gasteiger partial charge in [0.1, 0.15) is 5.60 Å². The van der Waals surface area contributed by atoms with Crippen molar-refractivity contribution >= 4 is 23.0 Å². The molecule has 5 heteroatoms. The number of hydrogen-bond donors (Lipinski definition) is 1. The third-order valence-corrected chi connectivity index (χ3v) is 2.53. The first kappa shape index (κ1) is 13.6. The predicted molar refractivity (Wildman–Crippen MR) is 65.5 cm³/mol. The molecule has 0 aromatic heterocycles. The third kappa shape index (κ3) is 4.48. The van der Waals surface area contributed by atoms with Gasteiger partial charge in [0.2, 0.25) is 0 Å². The van der Waals surface area contributed by atoms with Crippen molar-refractivity contribution in [2.45, 2.75) is 31.3 Å². The molecular formula is C12H14O4S. The molecule has 0 atom stereocenters. The quantitative estimate of drug-likeness (QED) is 0.647. The molecule has 0 saturated carbocycles. The summed E-state index contributed by atoms with van der Waals surface area (Å²) in [5, 5.41) is 8.44. The monoisotopic (exact) mass is 254 g/mol. The molecule has 4 nitrogen and oxygen atoms in total. The summed E-state index contributed by atoms with van der Waals surface area (Å²) >= 11 is 0.783. The van der Waals surface area contributed by atoms with Gasteiger partial charge in [-0.2, -0.15) is 0 Å². The second-order valence-corrected chi connectivity index (χ2v) is 5.35. The molecular weight excluding hydrogens is 240 g/mol. The van der Waals surface area contributed by atoms with Crippen molar-refractivity contribution in [1.82, 2.24) is 0 Å². The molecule has 0 aliphatic carbocycles. The average molecular weight is 254 g/mol. The zero-order valence-corrected chi connectivity index (χ0v) is 10.7. The molecule has 1 N–H and O–H groups in total. The minimum atomic E-state index is -1.06. The number of thioether (sulfide) groups is 1. The Morgan fingerprint density at radius 2 is 1.82 bits per heavy atom. The molecule has 0 aliphatic heterocycles. The van der Waals surface area contributed by atoms with E-state index in [0.29, 0.717) is 4.90 Å². The molecule has 1 aromatic rings. The number of carboxylic acids is 1. The summed E-state index contributed by atoms with van der Waals surface area (Å²) in [7, 11) is 0. The van der Waals surface area contributed by atoms with E-state index in [9.17, 15) is 9.59 Å². The predicted octanol–water partition coefficient (Wildman–Crippen LogP) is 3.41. The molecule has 0 radical (unpaired) electrons. The number of hydrogen-bond acceptors (Lipinski definition) is 4. The summed E-state index contributed by atoms with van der Waals surface area (Å²) in [4.78, 5) is 22.9. The SMILES string of the molecule is CC(C)(C)OC(=O)Sc1ccccc1C(=O)O. The van der Waals surface area contributed by atoms with E-state index >= 15 is 0 Å². The van der Waals surface area contributed by atoms with Crippen LogP contribution >= 0.6 is 11.8 Å². The van der Waals surface area contributed by atoms with Gasteiger partial charge in [-0.15, -0.1) is 0 Å². The lowest BCUT2D eigenvalue weighted by Gasteiger charge is -2.19. The van der Waals surface area contributed by atoms with Crippen LogP contribution in [0.2, 0.25) is 0 Å². The van der Waals surface area contributed by atoms with Crippen LogP contribution in [-0.4, -0.2) is 22.0 Å². The van der Waals surface area contributed by atoms with Crippen LogP contribution in [0.25, 0.3) is 0 Å². The largest absolute Gasteiger partial charge is 0.478 e. The molecule has 0 unspecified atom stereocenters. The first-order chi connectivity index (χ1) is 7.79. The van der Waals surface area contributed by atoms with Crippen LogP contribution in [0.4, 0.5) is 4.79 Å². The highest BCUT2D eigenvalue weighted by atomic mass is 32.2. The van der Waals surface area contributed by atoms with Gasteiger partial charge in [-0.05, 0) is 44.7 Å². The molecule has 0 spiro atoms. The Morgan fingerprint density at radius 3 is 2.35 bits per heavy atom. The topological polar surface area (TPSA) is 63.6 Å². The van der Waals surface area contributed by atoms with Crippen LogP contribution in [0.3, 0.4) is 0 Å². The van der Waals surface area contributed by atoms with Crippen LogP contribution in [0.5, 0.6) is 0 Å². The van der Waals surface area contributed by atoms with Gasteiger partial charge in [-0.3, -0.25) is 0 Å². The van der Waals surface area contributed by atoms with Crippen molar-refractivity contribution < 1.29 is 19.4 Å². The number of rotatable bonds is 2. The van der Waals surface area contributed by atoms with Gasteiger partial charge in [0.25, 0.3) is 0 Å². The lowest BCUT2D eigenvalue weighted by Crippen LogP contribution is -2.21. The van der Waals surface area contributed by atoms with Crippen LogP contribution in [0.1, 0.15) is 31.1 Å². The van der Waals surface area contributed by atoms with E-state index in [-0.39, 0.29) is 5.56 Å². The second-order valence-electron chi connectivity index (χ2n) is 4.37. The summed E-state index contributed by atoms with van der Waals surface area (Å²) in [6, 6.07) is 6.33. The van der Waals surface area contributed by atoms with Gasteiger partial charge >= 0.3 is 11.3 Å². The van der Waals surface area contributed by atoms with E-state index in [4.69, 9.17) is 9.84 Å². The maximum absolute atomic E-state index is 11.6. The maximum atomic E-state index is 11.6. The number of carbonyl (C=O) groups is 2. The van der Waals surface area contributed by atoms with Gasteiger partial charge in [-0.25, -0.2) is 9.59 Å². The molecule has 1 aromatic carbocycles. The molecule has 92 valence electrons. The standard InChI is InChI=1S/C12H14O4S/c1-12(2,3)16-11(15)17-9-7-5-4-6-8(9)10(13)14/h4-7H,1-3H3,(H,13,14). The Hall–Kier alpha value is -1.49. The molecule has 0 heterocycles. The van der Waals surface area contributed by atoms with E-state index in [1.165, 1.54) is 6.07 Å². The van der Waals surface area contributed by atoms with Gasteiger partial charge in [-0.1, -0.05) is 12.1 Å². The molecule has 17 heavy (non-hydrogen) atoms. The summed E-state index contributed by atoms with van der Waals surface area (Å²) in [6.45, 7) is 5.28. The fourth-order valence-electron chi connectivity index (χ4n) is 1.09. The van der Waals surface area contributed by atoms with Crippen molar-refractivity contribution in [3.8, 4) is 0 Å². The number of carbonyl (C=O) groups excluding carboxylic acids is 1. The smallest absolute Gasteiger partial charge is 0.372 e. The molecule has 0 amide bonds. The van der Waals surface area contributed by atoms with E-state index in [0.717, 1.165) is 11.8 Å². The van der Waals surface area contributed by atoms with Crippen molar-refractivity contribution in [3.63, 3.8) is 0 Å². The first-order valence-corrected chi connectivity index (χ1v) is 5.84. The molecule has 0 fully saturated rings. The van der Waals surface area contributed by atoms with Crippen molar-refractivity contribution in [2.24, 2.45) is 0 Å². The van der Waals surface area contributed by atoms with E-state index in [1.54, 1.807) is 39.0 Å². The molecule has 0 bridgehead atoms. The summed E-state index contributed by atoms with van der Waals surface area (Å²) in [6.07, 6.45) is 0. The van der Waals surface area contributed by atoms with Crippen LogP contribution in [0.15, 0.2) is 29.2 Å². The Morgan fingerprint density at radius 1 is 1.24 bits per heavy atom. The summed E-state index contributed by atoms with van der Waals surface area (Å²) in [5.74, 6) is -1.06. The highest BCUT2D eigenvalue weighted by Gasteiger charge is 2.19. The lowest BCUT2D eigenvalue weighted by molar-refractivity contribution is 0.0693. The highest BCUT2D eigenvalue weighted by Crippen LogP contribution is 2.26. The second kappa shape index (κ2) is 5.23. The Balaban J connectivity index is 2.82. The minimum Gasteiger partial charge on any atom is -0.478 e. The maximum Gasteiger partial charge on any atom is 0.372 e. The van der Waals surface area contributed by atoms with E-state index in [1.807, 2.05) is 0 Å². The highest BCUT2D eigenvalue weighted by molar-refractivity contribution is 8.13. The Labute approximate surface area is 104 Å². The van der Waals surface area contributed by atoms with Crippen molar-refractivity contribution in [2.75, 3.05) is 0 Å². The van der Waals surface area contributed by atoms with Crippen LogP contribution < -0.4 is 0 Å². The fourth-order valence-corrected chi connectivity index (χ4v) is 1.98. The fraction of sp³-hybridized carbons (Fsp3) is 0.333. The number of carboxylic acid groups (broad SMARTS) is 1. The van der Waals surface area contributed by atoms with E-state index in [2.05, 4.69) is 0 Å². The Kier molecular flexibility index (Phi) is 4.17. The van der Waals surface area contributed by atoms with Gasteiger partial charge < -0.3 is 9.84 Å². The van der Waals surface area contributed by atoms with Crippen molar-refractivity contribution in [1.29, 1.82) is 0 Å². The molecule has 0 aliphatic rings.